The van der Waals surface area contributed by atoms with Gasteiger partial charge in [0.2, 0.25) is 65.5 Å². The van der Waals surface area contributed by atoms with Crippen LogP contribution in [0.25, 0.3) is 0 Å². The zero-order chi connectivity index (χ0) is 107. The van der Waals surface area contributed by atoms with Gasteiger partial charge >= 0.3 is 19.3 Å². The molecule has 149 heavy (non-hydrogen) atoms. The lowest BCUT2D eigenvalue weighted by molar-refractivity contribution is -0.140. The van der Waals surface area contributed by atoms with E-state index in [4.69, 9.17) is 30.4 Å². The summed E-state index contributed by atoms with van der Waals surface area (Å²) in [6.45, 7) is 5.02. The van der Waals surface area contributed by atoms with E-state index < -0.39 is 205 Å². The molecule has 19 rings (SSSR count). The molecular formula is C106H133BF5N11O23S3. The summed E-state index contributed by atoms with van der Waals surface area (Å²) in [5, 5.41) is 40.8. The number of allylic oxidation sites excluding steroid dienone is 6. The number of aliphatic hydroxyl groups is 2. The molecule has 34 nitrogen and oxygen atoms in total. The van der Waals surface area contributed by atoms with E-state index in [9.17, 15) is 105 Å². The predicted octanol–water partition coefficient (Wildman–Crippen LogP) is 10.6. The number of nitrogens with two attached hydrogens (primary N) is 1. The molecule has 15 atom stereocenters. The van der Waals surface area contributed by atoms with Crippen molar-refractivity contribution in [1.82, 2.24) is 38.7 Å². The van der Waals surface area contributed by atoms with Crippen molar-refractivity contribution in [1.29, 1.82) is 0 Å². The van der Waals surface area contributed by atoms with E-state index in [1.54, 1.807) is 63.2 Å². The molecule has 5 aromatic carbocycles. The molecule has 5 aromatic rings. The van der Waals surface area contributed by atoms with Crippen molar-refractivity contribution < 1.29 is 130 Å². The monoisotopic (exact) mass is 2130 g/mol. The van der Waals surface area contributed by atoms with Crippen LogP contribution in [-0.4, -0.2) is 238 Å². The molecule has 0 aromatic heterocycles. The third kappa shape index (κ3) is 25.8. The second-order valence-electron chi connectivity index (χ2n) is 43.0. The molecule has 0 unspecified atom stereocenters. The minimum absolute atomic E-state index is 0.0205. The number of carbonyl (C=O) groups excluding carboxylic acids is 11. The van der Waals surface area contributed by atoms with E-state index in [-0.39, 0.29) is 126 Å². The van der Waals surface area contributed by atoms with Gasteiger partial charge in [-0.1, -0.05) is 124 Å². The number of benzene rings is 5. The second-order valence-corrected chi connectivity index (χ2v) is 49.6. The van der Waals surface area contributed by atoms with Crippen LogP contribution in [0, 0.1) is 63.1 Å². The maximum absolute atomic E-state index is 14.4. The number of rotatable bonds is 16. The fourth-order valence-electron chi connectivity index (χ4n) is 21.4. The standard InChI is InChI=1S/C38H44F2N4O7S.C32H41FN4O7S.C29H38FN3O6S.C6H6BFO2.CH4O/c1-37(15-16-37)52(49,50)42-35(47)38-19-25(38)10-5-3-2-4-6-14-31(41-27-12-8-11-26(39)17-27)34(46)44-22-28(18-32(44)33(45)20-38)51-36(48)43-21-24-9-7-13-30(40)29(24)23-43;1-31(12-13-31)45(42,43)35-29(40)32-15-21(32)9-5-3-2-4-6-11-25(34)28(39)37-18-22(14-26(37)27(38)16-32)44-30(41)36-17-20-8-7-10-24(33)23(20)19-36;1-28(12-13-28)40(38,39)32-27(37)29-16-19(29)8-5-3-2-4-6-11-23(31-21-10-7-9-20(30)14-21)26(36)33-18-22(34)15-24(33)25(35)17-29;8-6-3-1-2-5(4-6)7(9)10;1-2/h5,7-13,17,25,28,31-32,41H,2-4,6,14-16,18-23H2,1H3,(H,42,47);5,7-10,21-22,25-26H,2-4,6,11-19,34H2,1H3,(H,35,40);5,7-10,14,19,22-24,31,34H,2-4,6,11-13,15-18H2,1H3,(H,32,37);1-4,9-10H;2H,1H3/b10-5-;9-5-;8-5-;;/t25-,28-,31+,32+,38-;21-,22-,25+,26+,32-;19-,22-,23+,24+,29-;;/m111../s1. The summed E-state index contributed by atoms with van der Waals surface area (Å²) in [6.07, 6.45) is 21.3. The Morgan fingerprint density at radius 3 is 1.12 bits per heavy atom. The molecule has 11 N–H and O–H groups in total. The van der Waals surface area contributed by atoms with Gasteiger partial charge in [0.25, 0.3) is 0 Å². The van der Waals surface area contributed by atoms with Crippen LogP contribution in [0.2, 0.25) is 0 Å². The van der Waals surface area contributed by atoms with Crippen molar-refractivity contribution in [2.24, 2.45) is 39.7 Å². The van der Waals surface area contributed by atoms with Gasteiger partial charge in [0.15, 0.2) is 17.3 Å². The van der Waals surface area contributed by atoms with Crippen LogP contribution in [0.5, 0.6) is 0 Å². The molecule has 8 aliphatic heterocycles. The normalized spacial score (nSPS) is 29.4. The molecule has 43 heteroatoms. The van der Waals surface area contributed by atoms with Gasteiger partial charge in [-0.3, -0.25) is 67.1 Å². The topological polar surface area (TPSA) is 492 Å². The van der Waals surface area contributed by atoms with E-state index in [1.807, 2.05) is 36.5 Å². The summed E-state index contributed by atoms with van der Waals surface area (Å²) >= 11 is 0. The van der Waals surface area contributed by atoms with E-state index in [1.165, 1.54) is 85.2 Å². The molecule has 8 heterocycles. The summed E-state index contributed by atoms with van der Waals surface area (Å²) in [5.41, 5.74) is 5.75. The number of nitrogens with zero attached hydrogens (tertiary/aromatic N) is 5. The van der Waals surface area contributed by atoms with E-state index >= 15 is 0 Å². The Hall–Kier alpha value is -11.3. The quantitative estimate of drug-likeness (QED) is 0.0249. The molecule has 8 amide bonds. The first kappa shape index (κ1) is 112. The van der Waals surface area contributed by atoms with Crippen LogP contribution in [0.15, 0.2) is 146 Å². The summed E-state index contributed by atoms with van der Waals surface area (Å²) in [4.78, 5) is 158. The van der Waals surface area contributed by atoms with Crippen LogP contribution in [0.4, 0.5) is 42.9 Å². The smallest absolute Gasteiger partial charge is 0.444 e. The number of aliphatic hydroxyl groups excluding tert-OH is 2. The van der Waals surface area contributed by atoms with Crippen molar-refractivity contribution in [2.45, 2.75) is 308 Å². The number of Topliss-reactive ketones (excluding diaryl/α,β-unsaturated/α-hetero) is 3. The summed E-state index contributed by atoms with van der Waals surface area (Å²) in [6, 6.07) is 20.7. The zero-order valence-corrected chi connectivity index (χ0v) is 86.4. The van der Waals surface area contributed by atoms with Crippen molar-refractivity contribution in [3.8, 4) is 0 Å². The highest BCUT2D eigenvalue weighted by molar-refractivity contribution is 7.92. The van der Waals surface area contributed by atoms with Crippen LogP contribution >= 0.6 is 0 Å². The number of halogens is 5. The number of nitrogens with one attached hydrogen (secondary N) is 5. The molecule has 14 aliphatic rings. The average molecular weight is 2130 g/mol. The Morgan fingerprint density at radius 2 is 0.772 bits per heavy atom. The molecule has 0 spiro atoms. The number of carbonyl (C=O) groups is 11. The van der Waals surface area contributed by atoms with Crippen LogP contribution in [0.1, 0.15) is 236 Å². The number of fused-ring (bicyclic) bond motifs is 8. The van der Waals surface area contributed by atoms with Gasteiger partial charge < -0.3 is 60.8 Å². The van der Waals surface area contributed by atoms with Gasteiger partial charge in [0.05, 0.1) is 86.9 Å². The zero-order valence-electron chi connectivity index (χ0n) is 84.0. The van der Waals surface area contributed by atoms with Crippen LogP contribution < -0.4 is 36.0 Å². The first-order valence-corrected chi connectivity index (χ1v) is 55.9. The third-order valence-electron chi connectivity index (χ3n) is 32.0. The Bertz CT molecular complexity index is 6370. The summed E-state index contributed by atoms with van der Waals surface area (Å²) in [5.74, 6) is -7.67. The van der Waals surface area contributed by atoms with Gasteiger partial charge in [0, 0.05) is 87.8 Å². The molecule has 6 saturated carbocycles. The predicted molar refractivity (Wildman–Crippen MR) is 539 cm³/mol. The summed E-state index contributed by atoms with van der Waals surface area (Å²) < 4.78 is 162. The largest absolute Gasteiger partial charge is 0.488 e. The molecule has 0 radical (unpaired) electrons. The van der Waals surface area contributed by atoms with Gasteiger partial charge in [-0.15, -0.1) is 0 Å². The van der Waals surface area contributed by atoms with Gasteiger partial charge in [-0.2, -0.15) is 0 Å². The van der Waals surface area contributed by atoms with Gasteiger partial charge in [-0.25, -0.2) is 56.8 Å². The Morgan fingerprint density at radius 1 is 0.430 bits per heavy atom. The highest BCUT2D eigenvalue weighted by atomic mass is 32.2. The minimum atomic E-state index is -3.97. The van der Waals surface area contributed by atoms with Crippen LogP contribution in [0.3, 0.4) is 0 Å². The number of ether oxygens (including phenoxy) is 2. The third-order valence-corrected chi connectivity index (χ3v) is 38.5. The van der Waals surface area contributed by atoms with Crippen LogP contribution in [-0.2, 0) is 109 Å². The lowest BCUT2D eigenvalue weighted by atomic mass is 9.80. The Labute approximate surface area is 864 Å². The van der Waals surface area contributed by atoms with Crippen molar-refractivity contribution in [2.75, 3.05) is 37.4 Å². The fourth-order valence-corrected chi connectivity index (χ4v) is 25.4. The Kier molecular flexibility index (Phi) is 34.6. The lowest BCUT2D eigenvalue weighted by Crippen LogP contribution is -2.50. The number of anilines is 2. The molecule has 9 fully saturated rings. The SMILES string of the molecule is CC1(S(=O)(=O)NC(=O)[C@]23CC(=O)[C@@H]4C[C@@H](O)CN4C(=O)[C@@H](Nc4cccc(F)c4)CCCCC/C=C\[C@@H]2C3)CC1.CC1(S(=O)(=O)NC(=O)[C@]23CC(=O)[C@@H]4C[C@@H](OC(=O)N5Cc6cccc(F)c6C5)CN4C(=O)[C@@H](N)CCCCC/C=C\[C@@H]2C3)CC1.CC1(S(=O)(=O)NC(=O)[C@]23CC(=O)[C@@H]4C[C@@H](OC(=O)N5Cc6cccc(F)c6C5)CN4C(=O)[C@@H](Nc4cccc(F)c4)CCCCC/C=C\[C@@H]2C3)CC1.CO.OB(O)c1cccc(F)c1. The average Bonchev–Trinajstić information content (AvgIpc) is 1.57. The summed E-state index contributed by atoms with van der Waals surface area (Å²) in [7, 11) is -12.4. The molecule has 0 bridgehead atoms. The first-order chi connectivity index (χ1) is 70.8. The highest BCUT2D eigenvalue weighted by Gasteiger charge is 2.67. The molecule has 3 saturated heterocycles. The number of ketones is 3. The lowest BCUT2D eigenvalue weighted by Gasteiger charge is -2.30. The van der Waals surface area contributed by atoms with Crippen molar-refractivity contribution in [3.63, 3.8) is 0 Å². The van der Waals surface area contributed by atoms with Crippen molar-refractivity contribution in [3.05, 3.63) is 197 Å². The maximum atomic E-state index is 14.4. The fraction of sp³-hybridized carbons (Fsp3) is 0.557. The molecule has 6 aliphatic carbocycles. The van der Waals surface area contributed by atoms with Crippen molar-refractivity contribution >= 4 is 119 Å². The second kappa shape index (κ2) is 46.1. The molecular weight excluding hydrogens is 2000 g/mol. The number of amides is 8. The number of sulfonamides is 3. The van der Waals surface area contributed by atoms with E-state index in [0.29, 0.717) is 117 Å². The molecule has 806 valence electrons. The van der Waals surface area contributed by atoms with Gasteiger partial charge in [0.1, 0.15) is 53.4 Å². The van der Waals surface area contributed by atoms with E-state index in [2.05, 4.69) is 24.8 Å². The first-order valence-electron chi connectivity index (χ1n) is 51.4. The Balaban J connectivity index is 0.000000159. The number of hydrogen-bond acceptors (Lipinski definition) is 26. The van der Waals surface area contributed by atoms with Gasteiger partial charge in [-0.05, 0) is 231 Å². The van der Waals surface area contributed by atoms with E-state index in [0.717, 1.165) is 77.4 Å². The highest BCUT2D eigenvalue weighted by Crippen LogP contribution is 2.61. The maximum Gasteiger partial charge on any atom is 0.488 e. The number of hydrogen-bond donors (Lipinski definition) is 10. The minimum Gasteiger partial charge on any atom is -0.444 e.